The molecule has 1 rings (SSSR count). The van der Waals surface area contributed by atoms with Crippen LogP contribution in [0, 0.1) is 23.2 Å². The number of aliphatic carboxylic acids is 1. The van der Waals surface area contributed by atoms with Gasteiger partial charge in [0.25, 0.3) is 0 Å². The molecule has 0 aliphatic heterocycles. The fourth-order valence-corrected chi connectivity index (χ4v) is 3.46. The summed E-state index contributed by atoms with van der Waals surface area (Å²) in [5.41, 5.74) is 6.12. The van der Waals surface area contributed by atoms with Crippen LogP contribution >= 0.6 is 0 Å². The highest BCUT2D eigenvalue weighted by atomic mass is 16.7. The number of carboxylic acids is 1. The molecule has 11 heteroatoms. The molecule has 0 bridgehead atoms. The number of hydrogen-bond donors (Lipinski definition) is 2. The average molecular weight is 554 g/mol. The molecule has 0 aliphatic rings. The van der Waals surface area contributed by atoms with Crippen LogP contribution < -0.4 is 15.2 Å². The Labute approximate surface area is 230 Å². The third-order valence-electron chi connectivity index (χ3n) is 5.28. The number of rotatable bonds is 13. The Morgan fingerprint density at radius 2 is 1.33 bits per heavy atom. The molecule has 0 radical (unpaired) electrons. The molecule has 0 aromatic heterocycles. The van der Waals surface area contributed by atoms with Crippen molar-refractivity contribution in [2.45, 2.75) is 73.8 Å². The van der Waals surface area contributed by atoms with Crippen LogP contribution in [0.2, 0.25) is 0 Å². The zero-order chi connectivity index (χ0) is 29.9. The summed E-state index contributed by atoms with van der Waals surface area (Å²) >= 11 is 0. The summed E-state index contributed by atoms with van der Waals surface area (Å²) in [4.78, 5) is 48.6. The van der Waals surface area contributed by atoms with Crippen molar-refractivity contribution < 1.29 is 48.0 Å². The average Bonchev–Trinajstić information content (AvgIpc) is 2.80. The van der Waals surface area contributed by atoms with Gasteiger partial charge in [0.2, 0.25) is 0 Å². The van der Waals surface area contributed by atoms with Crippen molar-refractivity contribution in [2.24, 2.45) is 28.9 Å². The molecular weight excluding hydrogens is 510 g/mol. The molecular formula is C28H43NO10. The van der Waals surface area contributed by atoms with Crippen LogP contribution in [0.1, 0.15) is 73.3 Å². The van der Waals surface area contributed by atoms with Crippen LogP contribution in [-0.4, -0.2) is 55.2 Å². The lowest BCUT2D eigenvalue weighted by atomic mass is 9.82. The van der Waals surface area contributed by atoms with Gasteiger partial charge < -0.3 is 34.5 Å². The Balaban J connectivity index is 3.32. The number of carboxylic acid groups (broad SMARTS) is 1. The highest BCUT2D eigenvalue weighted by molar-refractivity contribution is 5.75. The van der Waals surface area contributed by atoms with E-state index < -0.39 is 42.1 Å². The highest BCUT2D eigenvalue weighted by Gasteiger charge is 2.33. The van der Waals surface area contributed by atoms with Crippen LogP contribution in [0.15, 0.2) is 18.2 Å². The number of nitrogens with two attached hydrogens (primary N) is 1. The number of esters is 1. The van der Waals surface area contributed by atoms with Gasteiger partial charge in [0.05, 0.1) is 26.2 Å². The number of hydrogen-bond acceptors (Lipinski definition) is 10. The summed E-state index contributed by atoms with van der Waals surface area (Å²) in [7, 11) is 0. The van der Waals surface area contributed by atoms with Gasteiger partial charge in [0.1, 0.15) is 6.04 Å². The Kier molecular flexibility index (Phi) is 13.2. The topological polar surface area (TPSA) is 161 Å². The maximum atomic E-state index is 12.3. The number of ether oxygens (including phenoxy) is 5. The second-order valence-corrected chi connectivity index (χ2v) is 11.6. The van der Waals surface area contributed by atoms with Crippen molar-refractivity contribution in [3.05, 3.63) is 23.8 Å². The van der Waals surface area contributed by atoms with Gasteiger partial charge in [0, 0.05) is 5.92 Å². The molecule has 39 heavy (non-hydrogen) atoms. The molecule has 1 aromatic carbocycles. The smallest absolute Gasteiger partial charge is 0.480 e. The van der Waals surface area contributed by atoms with E-state index in [-0.39, 0.29) is 55.0 Å². The summed E-state index contributed by atoms with van der Waals surface area (Å²) in [5.74, 6) is -3.31. The van der Waals surface area contributed by atoms with E-state index in [0.29, 0.717) is 5.56 Å². The van der Waals surface area contributed by atoms with Crippen molar-refractivity contribution in [3.63, 3.8) is 0 Å². The molecule has 0 amide bonds. The SMILES string of the molecule is CC(C)COC(=O)Oc1ccc(C(C(C)COC(=O)CC(C)(C)C)[C@H](N)C(=O)O)cc1OC(=O)OCC(C)C. The first-order chi connectivity index (χ1) is 18.0. The number of carbonyl (C=O) groups is 4. The molecule has 0 fully saturated rings. The lowest BCUT2D eigenvalue weighted by molar-refractivity contribution is -0.147. The maximum absolute atomic E-state index is 12.3. The van der Waals surface area contributed by atoms with Crippen molar-refractivity contribution in [2.75, 3.05) is 19.8 Å². The monoisotopic (exact) mass is 553 g/mol. The van der Waals surface area contributed by atoms with E-state index in [1.54, 1.807) is 6.92 Å². The molecule has 0 saturated heterocycles. The third kappa shape index (κ3) is 12.8. The third-order valence-corrected chi connectivity index (χ3v) is 5.28. The van der Waals surface area contributed by atoms with Gasteiger partial charge >= 0.3 is 24.2 Å². The van der Waals surface area contributed by atoms with Crippen molar-refractivity contribution in [3.8, 4) is 11.5 Å². The first-order valence-corrected chi connectivity index (χ1v) is 13.0. The Hall–Kier alpha value is -3.34. The minimum atomic E-state index is -1.38. The van der Waals surface area contributed by atoms with Crippen LogP contribution in [-0.2, 0) is 23.8 Å². The van der Waals surface area contributed by atoms with Gasteiger partial charge in [-0.05, 0) is 40.9 Å². The molecule has 0 spiro atoms. The summed E-state index contributed by atoms with van der Waals surface area (Å²) in [6.45, 7) is 14.9. The maximum Gasteiger partial charge on any atom is 0.513 e. The van der Waals surface area contributed by atoms with E-state index in [9.17, 15) is 24.3 Å². The molecule has 11 nitrogen and oxygen atoms in total. The zero-order valence-electron chi connectivity index (χ0n) is 24.1. The van der Waals surface area contributed by atoms with E-state index in [1.165, 1.54) is 18.2 Å². The highest BCUT2D eigenvalue weighted by Crippen LogP contribution is 2.36. The van der Waals surface area contributed by atoms with Crippen LogP contribution in [0.5, 0.6) is 11.5 Å². The van der Waals surface area contributed by atoms with Gasteiger partial charge in [-0.15, -0.1) is 0 Å². The molecule has 3 atom stereocenters. The molecule has 0 heterocycles. The fourth-order valence-electron chi connectivity index (χ4n) is 3.46. The molecule has 220 valence electrons. The van der Waals surface area contributed by atoms with Gasteiger partial charge in [0.15, 0.2) is 11.5 Å². The second-order valence-electron chi connectivity index (χ2n) is 11.6. The van der Waals surface area contributed by atoms with Crippen LogP contribution in [0.4, 0.5) is 9.59 Å². The number of benzene rings is 1. The lowest BCUT2D eigenvalue weighted by Crippen LogP contribution is -2.40. The minimum absolute atomic E-state index is 0.0467. The molecule has 3 N–H and O–H groups in total. The van der Waals surface area contributed by atoms with Crippen LogP contribution in [0.3, 0.4) is 0 Å². The standard InChI is InChI=1S/C28H43NO10/c1-16(2)13-36-26(33)38-20-10-9-19(11-21(20)39-27(34)37-14-17(3)4)23(24(29)25(31)32)18(5)15-35-22(30)12-28(6,7)8/h9-11,16-18,23-24H,12-15,29H2,1-8H3,(H,31,32)/t18?,23?,24-/m0/s1. The first-order valence-electron chi connectivity index (χ1n) is 13.0. The first kappa shape index (κ1) is 33.7. The Morgan fingerprint density at radius 1 is 0.821 bits per heavy atom. The van der Waals surface area contributed by atoms with Gasteiger partial charge in [-0.1, -0.05) is 61.5 Å². The quantitative estimate of drug-likeness (QED) is 0.189. The predicted molar refractivity (Wildman–Crippen MR) is 143 cm³/mol. The van der Waals surface area contributed by atoms with E-state index in [2.05, 4.69) is 0 Å². The van der Waals surface area contributed by atoms with Crippen molar-refractivity contribution in [1.82, 2.24) is 0 Å². The fraction of sp³-hybridized carbons (Fsp3) is 0.643. The Bertz CT molecular complexity index is 983. The summed E-state index contributed by atoms with van der Waals surface area (Å²) in [6.07, 6.45) is -1.86. The second kappa shape index (κ2) is 15.3. The normalized spacial score (nSPS) is 13.8. The summed E-state index contributed by atoms with van der Waals surface area (Å²) < 4.78 is 26.1. The summed E-state index contributed by atoms with van der Waals surface area (Å²) in [6, 6.07) is 2.81. The largest absolute Gasteiger partial charge is 0.513 e. The lowest BCUT2D eigenvalue weighted by Gasteiger charge is -2.28. The Morgan fingerprint density at radius 3 is 1.79 bits per heavy atom. The number of carbonyl (C=O) groups excluding carboxylic acids is 3. The van der Waals surface area contributed by atoms with E-state index in [1.807, 2.05) is 48.5 Å². The van der Waals surface area contributed by atoms with Crippen molar-refractivity contribution >= 4 is 24.2 Å². The van der Waals surface area contributed by atoms with Gasteiger partial charge in [-0.2, -0.15) is 0 Å². The summed E-state index contributed by atoms with van der Waals surface area (Å²) in [5, 5.41) is 9.68. The van der Waals surface area contributed by atoms with E-state index >= 15 is 0 Å². The van der Waals surface area contributed by atoms with Gasteiger partial charge in [-0.3, -0.25) is 9.59 Å². The van der Waals surface area contributed by atoms with Crippen molar-refractivity contribution in [1.29, 1.82) is 0 Å². The molecule has 0 aliphatic carbocycles. The van der Waals surface area contributed by atoms with Gasteiger partial charge in [-0.25, -0.2) is 9.59 Å². The predicted octanol–water partition coefficient (Wildman–Crippen LogP) is 5.14. The minimum Gasteiger partial charge on any atom is -0.480 e. The molecule has 1 aromatic rings. The molecule has 0 saturated carbocycles. The van der Waals surface area contributed by atoms with E-state index in [4.69, 9.17) is 29.4 Å². The van der Waals surface area contributed by atoms with E-state index in [0.717, 1.165) is 0 Å². The van der Waals surface area contributed by atoms with Crippen LogP contribution in [0.25, 0.3) is 0 Å². The molecule has 2 unspecified atom stereocenters. The zero-order valence-corrected chi connectivity index (χ0v) is 24.1.